The highest BCUT2D eigenvalue weighted by Gasteiger charge is 2.10. The molecule has 0 radical (unpaired) electrons. The average molecular weight is 257 g/mol. The molecule has 2 atom stereocenters. The van der Waals surface area contributed by atoms with Gasteiger partial charge in [0.25, 0.3) is 0 Å². The lowest BCUT2D eigenvalue weighted by Crippen LogP contribution is -2.44. The zero-order chi connectivity index (χ0) is 14.1. The molecule has 0 saturated heterocycles. The molecule has 6 nitrogen and oxygen atoms in total. The minimum Gasteiger partial charge on any atom is -0.360 e. The van der Waals surface area contributed by atoms with Crippen LogP contribution in [-0.4, -0.2) is 37.2 Å². The van der Waals surface area contributed by atoms with Crippen molar-refractivity contribution < 1.29 is 4.79 Å². The van der Waals surface area contributed by atoms with Gasteiger partial charge in [0, 0.05) is 25.2 Å². The number of urea groups is 1. The van der Waals surface area contributed by atoms with Crippen LogP contribution in [0.3, 0.4) is 0 Å². The molecule has 0 aliphatic carbocycles. The molecule has 0 aromatic carbocycles. The van der Waals surface area contributed by atoms with Crippen molar-refractivity contribution in [3.05, 3.63) is 0 Å². The van der Waals surface area contributed by atoms with Gasteiger partial charge in [0.1, 0.15) is 0 Å². The van der Waals surface area contributed by atoms with E-state index in [2.05, 4.69) is 21.3 Å². The van der Waals surface area contributed by atoms with Gasteiger partial charge in [0.2, 0.25) is 0 Å². The number of nitrogens with one attached hydrogen (secondary N) is 5. The second-order valence-corrected chi connectivity index (χ2v) is 4.92. The van der Waals surface area contributed by atoms with Crippen molar-refractivity contribution in [1.29, 1.82) is 5.41 Å². The Bertz CT molecular complexity index is 267. The molecular weight excluding hydrogens is 230 g/mol. The molecule has 6 heteroatoms. The van der Waals surface area contributed by atoms with Crippen LogP contribution < -0.4 is 21.3 Å². The lowest BCUT2D eigenvalue weighted by Gasteiger charge is -2.19. The standard InChI is InChI=1S/C12H27N5O/c1-8(2)15-12(18)17-10(4)7-6-9(3)16-11(13)14-5/h8-10H,6-7H2,1-5H3,(H3,13,14,16)(H2,15,17,18). The predicted molar refractivity (Wildman–Crippen MR) is 74.9 cm³/mol. The molecule has 2 unspecified atom stereocenters. The van der Waals surface area contributed by atoms with E-state index in [-0.39, 0.29) is 24.2 Å². The van der Waals surface area contributed by atoms with Crippen LogP contribution in [0.15, 0.2) is 0 Å². The third-order valence-corrected chi connectivity index (χ3v) is 2.47. The van der Waals surface area contributed by atoms with E-state index in [1.165, 1.54) is 0 Å². The van der Waals surface area contributed by atoms with Crippen LogP contribution in [0.1, 0.15) is 40.5 Å². The molecule has 0 saturated carbocycles. The summed E-state index contributed by atoms with van der Waals surface area (Å²) in [7, 11) is 1.71. The number of rotatable bonds is 6. The topological polar surface area (TPSA) is 89.0 Å². The van der Waals surface area contributed by atoms with Crippen LogP contribution in [0, 0.1) is 5.41 Å². The Labute approximate surface area is 110 Å². The first-order chi connectivity index (χ1) is 8.35. The molecule has 0 aromatic heterocycles. The van der Waals surface area contributed by atoms with Crippen LogP contribution in [0.4, 0.5) is 4.79 Å². The van der Waals surface area contributed by atoms with Crippen LogP contribution in [0.5, 0.6) is 0 Å². The van der Waals surface area contributed by atoms with Gasteiger partial charge >= 0.3 is 6.03 Å². The minimum atomic E-state index is -0.124. The Morgan fingerprint density at radius 2 is 1.50 bits per heavy atom. The van der Waals surface area contributed by atoms with Gasteiger partial charge in [-0.3, -0.25) is 5.41 Å². The maximum atomic E-state index is 11.5. The number of hydrogen-bond donors (Lipinski definition) is 5. The zero-order valence-electron chi connectivity index (χ0n) is 12.1. The summed E-state index contributed by atoms with van der Waals surface area (Å²) in [5.41, 5.74) is 0. The Hall–Kier alpha value is -1.46. The number of amides is 2. The zero-order valence-corrected chi connectivity index (χ0v) is 12.1. The van der Waals surface area contributed by atoms with Gasteiger partial charge in [-0.05, 0) is 40.5 Å². The normalized spacial score (nSPS) is 13.7. The van der Waals surface area contributed by atoms with Gasteiger partial charge in [-0.2, -0.15) is 0 Å². The highest BCUT2D eigenvalue weighted by atomic mass is 16.2. The molecule has 106 valence electrons. The summed E-state index contributed by atoms with van der Waals surface area (Å²) in [4.78, 5) is 11.5. The van der Waals surface area contributed by atoms with Crippen molar-refractivity contribution >= 4 is 12.0 Å². The molecule has 0 aromatic rings. The van der Waals surface area contributed by atoms with Gasteiger partial charge in [-0.15, -0.1) is 0 Å². The molecule has 0 rings (SSSR count). The summed E-state index contributed by atoms with van der Waals surface area (Å²) in [6, 6.07) is 0.356. The summed E-state index contributed by atoms with van der Waals surface area (Å²) in [5.74, 6) is 0.320. The monoisotopic (exact) mass is 257 g/mol. The van der Waals surface area contributed by atoms with Crippen molar-refractivity contribution in [2.24, 2.45) is 0 Å². The molecular formula is C12H27N5O. The Morgan fingerprint density at radius 3 is 1.94 bits per heavy atom. The summed E-state index contributed by atoms with van der Waals surface area (Å²) in [6.45, 7) is 7.86. The van der Waals surface area contributed by atoms with Gasteiger partial charge in [-0.1, -0.05) is 0 Å². The summed E-state index contributed by atoms with van der Waals surface area (Å²) < 4.78 is 0. The Kier molecular flexibility index (Phi) is 7.91. The van der Waals surface area contributed by atoms with E-state index in [9.17, 15) is 4.79 Å². The van der Waals surface area contributed by atoms with E-state index < -0.39 is 0 Å². The van der Waals surface area contributed by atoms with E-state index in [1.807, 2.05) is 27.7 Å². The predicted octanol–water partition coefficient (Wildman–Crippen LogP) is 0.995. The lowest BCUT2D eigenvalue weighted by molar-refractivity contribution is 0.234. The van der Waals surface area contributed by atoms with Crippen LogP contribution in [0.25, 0.3) is 0 Å². The number of hydrogen-bond acceptors (Lipinski definition) is 2. The van der Waals surface area contributed by atoms with E-state index in [0.717, 1.165) is 12.8 Å². The fourth-order valence-electron chi connectivity index (χ4n) is 1.49. The molecule has 0 aliphatic heterocycles. The first-order valence-corrected chi connectivity index (χ1v) is 6.45. The third kappa shape index (κ3) is 8.66. The largest absolute Gasteiger partial charge is 0.360 e. The number of guanidine groups is 1. The average Bonchev–Trinajstić information content (AvgIpc) is 2.24. The minimum absolute atomic E-state index is 0.122. The first kappa shape index (κ1) is 16.5. The molecule has 0 fully saturated rings. The van der Waals surface area contributed by atoms with Crippen LogP contribution in [-0.2, 0) is 0 Å². The molecule has 0 bridgehead atoms. The third-order valence-electron chi connectivity index (χ3n) is 2.47. The SMILES string of the molecule is CNC(=N)NC(C)CCC(C)NC(=O)NC(C)C. The second kappa shape index (κ2) is 8.60. The summed E-state index contributed by atoms with van der Waals surface area (Å²) in [5, 5.41) is 18.9. The maximum absolute atomic E-state index is 11.5. The quantitative estimate of drug-likeness (QED) is 0.363. The van der Waals surface area contributed by atoms with Gasteiger partial charge < -0.3 is 21.3 Å². The van der Waals surface area contributed by atoms with Crippen molar-refractivity contribution in [2.45, 2.75) is 58.7 Å². The van der Waals surface area contributed by atoms with Crippen molar-refractivity contribution in [2.75, 3.05) is 7.05 Å². The first-order valence-electron chi connectivity index (χ1n) is 6.45. The Morgan fingerprint density at radius 1 is 1.00 bits per heavy atom. The second-order valence-electron chi connectivity index (χ2n) is 4.92. The molecule has 0 aliphatic rings. The molecule has 18 heavy (non-hydrogen) atoms. The van der Waals surface area contributed by atoms with Crippen molar-refractivity contribution in [3.63, 3.8) is 0 Å². The van der Waals surface area contributed by atoms with E-state index in [4.69, 9.17) is 5.41 Å². The molecule has 2 amide bonds. The summed E-state index contributed by atoms with van der Waals surface area (Å²) >= 11 is 0. The summed E-state index contributed by atoms with van der Waals surface area (Å²) in [6.07, 6.45) is 1.77. The highest BCUT2D eigenvalue weighted by molar-refractivity contribution is 5.76. The Balaban J connectivity index is 3.78. The van der Waals surface area contributed by atoms with E-state index >= 15 is 0 Å². The number of carbonyl (C=O) groups excluding carboxylic acids is 1. The fraction of sp³-hybridized carbons (Fsp3) is 0.833. The lowest BCUT2D eigenvalue weighted by atomic mass is 10.1. The van der Waals surface area contributed by atoms with Crippen molar-refractivity contribution in [1.82, 2.24) is 21.3 Å². The fourth-order valence-corrected chi connectivity index (χ4v) is 1.49. The molecule has 0 spiro atoms. The molecule has 0 heterocycles. The maximum Gasteiger partial charge on any atom is 0.315 e. The van der Waals surface area contributed by atoms with Gasteiger partial charge in [0.05, 0.1) is 0 Å². The van der Waals surface area contributed by atoms with Crippen molar-refractivity contribution in [3.8, 4) is 0 Å². The molecule has 5 N–H and O–H groups in total. The highest BCUT2D eigenvalue weighted by Crippen LogP contribution is 2.01. The van der Waals surface area contributed by atoms with E-state index in [1.54, 1.807) is 7.05 Å². The van der Waals surface area contributed by atoms with Crippen LogP contribution >= 0.6 is 0 Å². The van der Waals surface area contributed by atoms with Crippen LogP contribution in [0.2, 0.25) is 0 Å². The van der Waals surface area contributed by atoms with Gasteiger partial charge in [-0.25, -0.2) is 4.79 Å². The van der Waals surface area contributed by atoms with Gasteiger partial charge in [0.15, 0.2) is 5.96 Å². The smallest absolute Gasteiger partial charge is 0.315 e. The number of carbonyl (C=O) groups is 1. The van der Waals surface area contributed by atoms with E-state index in [0.29, 0.717) is 5.96 Å².